The van der Waals surface area contributed by atoms with E-state index in [2.05, 4.69) is 38.0 Å². The van der Waals surface area contributed by atoms with Crippen molar-refractivity contribution in [1.29, 1.82) is 0 Å². The highest BCUT2D eigenvalue weighted by atomic mass is 32.1. The van der Waals surface area contributed by atoms with Gasteiger partial charge in [-0.2, -0.15) is 0 Å². The van der Waals surface area contributed by atoms with Gasteiger partial charge in [0.15, 0.2) is 5.96 Å². The Hall–Kier alpha value is -2.54. The molecule has 1 aliphatic heterocycles. The fourth-order valence-electron chi connectivity index (χ4n) is 3.66. The molecule has 0 saturated carbocycles. The van der Waals surface area contributed by atoms with Crippen LogP contribution in [-0.2, 0) is 6.54 Å². The van der Waals surface area contributed by atoms with Crippen molar-refractivity contribution in [2.75, 3.05) is 25.0 Å². The molecular weight excluding hydrogens is 375 g/mol. The van der Waals surface area contributed by atoms with Crippen LogP contribution < -0.4 is 15.5 Å². The molecule has 0 spiro atoms. The van der Waals surface area contributed by atoms with Gasteiger partial charge in [-0.15, -0.1) is 11.3 Å². The fourth-order valence-corrected chi connectivity index (χ4v) is 4.44. The Labute approximate surface area is 168 Å². The van der Waals surface area contributed by atoms with Crippen molar-refractivity contribution in [2.24, 2.45) is 4.99 Å². The summed E-state index contributed by atoms with van der Waals surface area (Å²) >= 11 is 1.79. The number of anilines is 1. The SMILES string of the molecule is CN=C(NCc1oc2ccc(F)cc2c1C)NC1CCN(c2cccs2)CC1. The summed E-state index contributed by atoms with van der Waals surface area (Å²) in [7, 11) is 1.77. The van der Waals surface area contributed by atoms with Gasteiger partial charge in [0.05, 0.1) is 11.5 Å². The van der Waals surface area contributed by atoms with Gasteiger partial charge in [0.25, 0.3) is 0 Å². The first-order valence-corrected chi connectivity index (χ1v) is 10.4. The number of furan rings is 1. The first-order valence-electron chi connectivity index (χ1n) is 9.57. The predicted molar refractivity (Wildman–Crippen MR) is 114 cm³/mol. The van der Waals surface area contributed by atoms with Crippen LogP contribution in [0.15, 0.2) is 45.1 Å². The average Bonchev–Trinajstić information content (AvgIpc) is 3.35. The third kappa shape index (κ3) is 3.99. The molecule has 28 heavy (non-hydrogen) atoms. The van der Waals surface area contributed by atoms with E-state index < -0.39 is 0 Å². The highest BCUT2D eigenvalue weighted by Gasteiger charge is 2.21. The van der Waals surface area contributed by atoms with Gasteiger partial charge in [0, 0.05) is 37.1 Å². The van der Waals surface area contributed by atoms with E-state index in [-0.39, 0.29) is 5.82 Å². The number of guanidine groups is 1. The van der Waals surface area contributed by atoms with Crippen LogP contribution in [0.4, 0.5) is 9.39 Å². The predicted octanol–water partition coefficient (Wildman–Crippen LogP) is 4.28. The number of piperidine rings is 1. The molecule has 7 heteroatoms. The molecule has 3 aromatic rings. The molecule has 148 valence electrons. The van der Waals surface area contributed by atoms with Crippen LogP contribution in [0, 0.1) is 12.7 Å². The molecule has 1 saturated heterocycles. The van der Waals surface area contributed by atoms with Crippen LogP contribution >= 0.6 is 11.3 Å². The number of thiophene rings is 1. The van der Waals surface area contributed by atoms with Crippen LogP contribution in [0.2, 0.25) is 0 Å². The summed E-state index contributed by atoms with van der Waals surface area (Å²) in [6.45, 7) is 4.56. The number of aliphatic imine (C=N–C) groups is 1. The van der Waals surface area contributed by atoms with Crippen LogP contribution in [-0.4, -0.2) is 32.1 Å². The molecule has 0 atom stereocenters. The first kappa shape index (κ1) is 18.8. The van der Waals surface area contributed by atoms with E-state index in [0.717, 1.165) is 48.6 Å². The highest BCUT2D eigenvalue weighted by molar-refractivity contribution is 7.14. The Bertz CT molecular complexity index is 958. The lowest BCUT2D eigenvalue weighted by molar-refractivity contribution is 0.460. The van der Waals surface area contributed by atoms with Gasteiger partial charge >= 0.3 is 0 Å². The molecule has 0 radical (unpaired) electrons. The maximum atomic E-state index is 13.5. The monoisotopic (exact) mass is 400 g/mol. The third-order valence-corrected chi connectivity index (χ3v) is 6.22. The minimum absolute atomic E-state index is 0.248. The lowest BCUT2D eigenvalue weighted by Gasteiger charge is -2.33. The van der Waals surface area contributed by atoms with Crippen LogP contribution in [0.5, 0.6) is 0 Å². The third-order valence-electron chi connectivity index (χ3n) is 5.29. The largest absolute Gasteiger partial charge is 0.459 e. The van der Waals surface area contributed by atoms with E-state index in [1.165, 1.54) is 17.1 Å². The molecule has 0 bridgehead atoms. The molecule has 0 unspecified atom stereocenters. The van der Waals surface area contributed by atoms with E-state index in [0.29, 0.717) is 18.2 Å². The summed E-state index contributed by atoms with van der Waals surface area (Å²) in [5.41, 5.74) is 1.67. The van der Waals surface area contributed by atoms with E-state index in [1.54, 1.807) is 24.5 Å². The van der Waals surface area contributed by atoms with Crippen LogP contribution in [0.1, 0.15) is 24.2 Å². The van der Waals surface area contributed by atoms with Crippen molar-refractivity contribution in [2.45, 2.75) is 32.4 Å². The summed E-state index contributed by atoms with van der Waals surface area (Å²) in [5.74, 6) is 1.32. The molecule has 2 N–H and O–H groups in total. The second kappa shape index (κ2) is 8.22. The number of rotatable bonds is 4. The Morgan fingerprint density at radius 1 is 1.32 bits per heavy atom. The van der Waals surface area contributed by atoms with Gasteiger partial charge in [-0.3, -0.25) is 4.99 Å². The summed E-state index contributed by atoms with van der Waals surface area (Å²) in [6.07, 6.45) is 2.14. The van der Waals surface area contributed by atoms with Crippen molar-refractivity contribution in [3.63, 3.8) is 0 Å². The molecule has 0 amide bonds. The van der Waals surface area contributed by atoms with Crippen LogP contribution in [0.3, 0.4) is 0 Å². The Morgan fingerprint density at radius 3 is 2.86 bits per heavy atom. The second-order valence-electron chi connectivity index (χ2n) is 7.07. The topological polar surface area (TPSA) is 52.8 Å². The zero-order chi connectivity index (χ0) is 19.5. The summed E-state index contributed by atoms with van der Waals surface area (Å²) in [4.78, 5) is 6.79. The lowest BCUT2D eigenvalue weighted by atomic mass is 10.1. The maximum absolute atomic E-state index is 13.5. The molecule has 1 aliphatic rings. The van der Waals surface area contributed by atoms with E-state index in [4.69, 9.17) is 4.42 Å². The fraction of sp³-hybridized carbons (Fsp3) is 0.381. The minimum atomic E-state index is -0.248. The van der Waals surface area contributed by atoms with Crippen molar-refractivity contribution < 1.29 is 8.81 Å². The minimum Gasteiger partial charge on any atom is -0.459 e. The van der Waals surface area contributed by atoms with Gasteiger partial charge in [-0.1, -0.05) is 0 Å². The molecule has 1 fully saturated rings. The van der Waals surface area contributed by atoms with Crippen LogP contribution in [0.25, 0.3) is 11.0 Å². The number of hydrogen-bond donors (Lipinski definition) is 2. The zero-order valence-corrected chi connectivity index (χ0v) is 17.0. The smallest absolute Gasteiger partial charge is 0.191 e. The van der Waals surface area contributed by atoms with Crippen molar-refractivity contribution in [1.82, 2.24) is 10.6 Å². The summed E-state index contributed by atoms with van der Waals surface area (Å²) in [5, 5.41) is 11.1. The molecular formula is C21H25FN4OS. The van der Waals surface area contributed by atoms with Crippen molar-refractivity contribution in [3.05, 3.63) is 52.9 Å². The van der Waals surface area contributed by atoms with Gasteiger partial charge in [0.1, 0.15) is 17.2 Å². The van der Waals surface area contributed by atoms with Gasteiger partial charge < -0.3 is 20.0 Å². The molecule has 1 aromatic carbocycles. The molecule has 3 heterocycles. The normalized spacial score (nSPS) is 16.0. The molecule has 5 nitrogen and oxygen atoms in total. The number of hydrogen-bond acceptors (Lipinski definition) is 4. The Kier molecular flexibility index (Phi) is 5.52. The summed E-state index contributed by atoms with van der Waals surface area (Å²) in [6, 6.07) is 9.30. The van der Waals surface area contributed by atoms with E-state index in [9.17, 15) is 4.39 Å². The average molecular weight is 401 g/mol. The molecule has 4 rings (SSSR count). The number of halogens is 1. The number of nitrogens with zero attached hydrogens (tertiary/aromatic N) is 2. The van der Waals surface area contributed by atoms with E-state index in [1.807, 2.05) is 6.92 Å². The van der Waals surface area contributed by atoms with Crippen molar-refractivity contribution >= 4 is 33.3 Å². The number of aryl methyl sites for hydroxylation is 1. The van der Waals surface area contributed by atoms with Gasteiger partial charge in [0.2, 0.25) is 0 Å². The van der Waals surface area contributed by atoms with E-state index >= 15 is 0 Å². The quantitative estimate of drug-likeness (QED) is 0.507. The molecule has 0 aliphatic carbocycles. The van der Waals surface area contributed by atoms with Gasteiger partial charge in [-0.25, -0.2) is 4.39 Å². The Morgan fingerprint density at radius 2 is 2.14 bits per heavy atom. The number of nitrogens with one attached hydrogen (secondary N) is 2. The first-order chi connectivity index (χ1) is 13.6. The zero-order valence-electron chi connectivity index (χ0n) is 16.2. The van der Waals surface area contributed by atoms with Crippen molar-refractivity contribution in [3.8, 4) is 0 Å². The van der Waals surface area contributed by atoms with Gasteiger partial charge in [-0.05, 0) is 55.5 Å². The lowest BCUT2D eigenvalue weighted by Crippen LogP contribution is -2.48. The molecule has 2 aromatic heterocycles. The number of benzene rings is 1. The highest BCUT2D eigenvalue weighted by Crippen LogP contribution is 2.26. The maximum Gasteiger partial charge on any atom is 0.191 e. The number of fused-ring (bicyclic) bond motifs is 1. The second-order valence-corrected chi connectivity index (χ2v) is 8.00. The Balaban J connectivity index is 1.33. The standard InChI is InChI=1S/C21H25FN4OS/c1-14-17-12-15(22)5-6-18(17)27-19(14)13-24-21(23-2)25-16-7-9-26(10-8-16)20-4-3-11-28-20/h3-6,11-12,16H,7-10,13H2,1-2H3,(H2,23,24,25). The summed E-state index contributed by atoms with van der Waals surface area (Å²) < 4.78 is 19.4.